The van der Waals surface area contributed by atoms with Gasteiger partial charge in [0, 0.05) is 5.69 Å². The van der Waals surface area contributed by atoms with Gasteiger partial charge in [0.1, 0.15) is 11.5 Å². The van der Waals surface area contributed by atoms with Crippen LogP contribution >= 0.6 is 0 Å². The van der Waals surface area contributed by atoms with E-state index in [-0.39, 0.29) is 17.2 Å². The van der Waals surface area contributed by atoms with Crippen molar-refractivity contribution in [3.63, 3.8) is 0 Å². The summed E-state index contributed by atoms with van der Waals surface area (Å²) in [5.74, 6) is 0.399. The lowest BCUT2D eigenvalue weighted by atomic mass is 10.1. The van der Waals surface area contributed by atoms with Gasteiger partial charge in [-0.25, -0.2) is 0 Å². The molecule has 0 aliphatic rings. The molecule has 0 radical (unpaired) electrons. The molecule has 0 aromatic heterocycles. The van der Waals surface area contributed by atoms with E-state index in [4.69, 9.17) is 4.74 Å². The first-order valence-electron chi connectivity index (χ1n) is 6.27. The third kappa shape index (κ3) is 2.91. The monoisotopic (exact) mass is 271 g/mol. The van der Waals surface area contributed by atoms with Crippen LogP contribution in [0.25, 0.3) is 0 Å². The molecule has 0 saturated carbocycles. The van der Waals surface area contributed by atoms with Crippen molar-refractivity contribution in [1.29, 1.82) is 0 Å². The summed E-state index contributed by atoms with van der Waals surface area (Å²) >= 11 is 0. The lowest BCUT2D eigenvalue weighted by Crippen LogP contribution is -2.12. The predicted molar refractivity (Wildman–Crippen MR) is 78.5 cm³/mol. The molecule has 0 aliphatic heterocycles. The van der Waals surface area contributed by atoms with E-state index in [0.29, 0.717) is 5.69 Å². The molecule has 2 aromatic carbocycles. The lowest BCUT2D eigenvalue weighted by Gasteiger charge is -2.10. The van der Waals surface area contributed by atoms with Gasteiger partial charge >= 0.3 is 0 Å². The van der Waals surface area contributed by atoms with Crippen LogP contribution < -0.4 is 10.1 Å². The van der Waals surface area contributed by atoms with E-state index in [9.17, 15) is 9.90 Å². The molecule has 0 aliphatic carbocycles. The first kappa shape index (κ1) is 13.9. The zero-order valence-electron chi connectivity index (χ0n) is 11.7. The van der Waals surface area contributed by atoms with Crippen LogP contribution in [0.15, 0.2) is 36.4 Å². The van der Waals surface area contributed by atoms with Crippen molar-refractivity contribution in [1.82, 2.24) is 0 Å². The summed E-state index contributed by atoms with van der Waals surface area (Å²) < 4.78 is 5.17. The smallest absolute Gasteiger partial charge is 0.259 e. The minimum Gasteiger partial charge on any atom is -0.507 e. The van der Waals surface area contributed by atoms with Crippen LogP contribution in [-0.4, -0.2) is 18.1 Å². The van der Waals surface area contributed by atoms with E-state index >= 15 is 0 Å². The highest BCUT2D eigenvalue weighted by Gasteiger charge is 2.12. The Hall–Kier alpha value is -2.49. The van der Waals surface area contributed by atoms with Gasteiger partial charge in [0.15, 0.2) is 0 Å². The molecule has 0 fully saturated rings. The van der Waals surface area contributed by atoms with Gasteiger partial charge in [-0.2, -0.15) is 0 Å². The van der Waals surface area contributed by atoms with Crippen LogP contribution in [-0.2, 0) is 0 Å². The summed E-state index contributed by atoms with van der Waals surface area (Å²) in [7, 11) is 1.60. The summed E-state index contributed by atoms with van der Waals surface area (Å²) in [6, 6.07) is 10.3. The first-order valence-corrected chi connectivity index (χ1v) is 6.27. The van der Waals surface area contributed by atoms with Crippen molar-refractivity contribution in [3.8, 4) is 11.5 Å². The number of hydrogen-bond acceptors (Lipinski definition) is 3. The topological polar surface area (TPSA) is 58.6 Å². The van der Waals surface area contributed by atoms with E-state index in [1.54, 1.807) is 31.4 Å². The summed E-state index contributed by atoms with van der Waals surface area (Å²) in [4.78, 5) is 12.2. The minimum atomic E-state index is -0.337. The predicted octanol–water partition coefficient (Wildman–Crippen LogP) is 3.27. The SMILES string of the molecule is COc1ccc(NC(=O)c2cc(C)ccc2O)cc1C. The van der Waals surface area contributed by atoms with Crippen molar-refractivity contribution in [2.75, 3.05) is 12.4 Å². The number of anilines is 1. The molecule has 1 amide bonds. The Kier molecular flexibility index (Phi) is 3.94. The van der Waals surface area contributed by atoms with E-state index in [1.165, 1.54) is 6.07 Å². The number of carbonyl (C=O) groups excluding carboxylic acids is 1. The van der Waals surface area contributed by atoms with Gasteiger partial charge in [-0.3, -0.25) is 4.79 Å². The number of benzene rings is 2. The van der Waals surface area contributed by atoms with Crippen LogP contribution in [0.2, 0.25) is 0 Å². The van der Waals surface area contributed by atoms with Gasteiger partial charge in [0.05, 0.1) is 12.7 Å². The van der Waals surface area contributed by atoms with Crippen molar-refractivity contribution in [2.24, 2.45) is 0 Å². The number of phenolic OH excluding ortho intramolecular Hbond substituents is 1. The number of phenols is 1. The summed E-state index contributed by atoms with van der Waals surface area (Å²) in [6.07, 6.45) is 0. The number of ether oxygens (including phenoxy) is 1. The summed E-state index contributed by atoms with van der Waals surface area (Å²) in [6.45, 7) is 3.77. The van der Waals surface area contributed by atoms with Crippen molar-refractivity contribution in [2.45, 2.75) is 13.8 Å². The highest BCUT2D eigenvalue weighted by Crippen LogP contribution is 2.23. The third-order valence-electron chi connectivity index (χ3n) is 3.05. The number of hydrogen-bond donors (Lipinski definition) is 2. The number of methoxy groups -OCH3 is 1. The van der Waals surface area contributed by atoms with E-state index < -0.39 is 0 Å². The molecular weight excluding hydrogens is 254 g/mol. The van der Waals surface area contributed by atoms with Crippen molar-refractivity contribution >= 4 is 11.6 Å². The molecule has 0 atom stereocenters. The largest absolute Gasteiger partial charge is 0.507 e. The maximum atomic E-state index is 12.2. The third-order valence-corrected chi connectivity index (χ3v) is 3.05. The van der Waals surface area contributed by atoms with Gasteiger partial charge in [0.25, 0.3) is 5.91 Å². The standard InChI is InChI=1S/C16H17NO3/c1-10-4-6-14(18)13(8-10)16(19)17-12-5-7-15(20-3)11(2)9-12/h4-9,18H,1-3H3,(H,17,19). The van der Waals surface area contributed by atoms with Crippen LogP contribution in [0, 0.1) is 13.8 Å². The minimum absolute atomic E-state index is 0.0293. The average Bonchev–Trinajstić information content (AvgIpc) is 2.41. The van der Waals surface area contributed by atoms with Gasteiger partial charge in [-0.05, 0) is 49.7 Å². The van der Waals surface area contributed by atoms with Crippen LogP contribution in [0.3, 0.4) is 0 Å². The van der Waals surface area contributed by atoms with E-state index in [2.05, 4.69) is 5.32 Å². The maximum absolute atomic E-state index is 12.2. The molecule has 2 rings (SSSR count). The molecule has 2 N–H and O–H groups in total. The lowest BCUT2D eigenvalue weighted by molar-refractivity contribution is 0.102. The van der Waals surface area contributed by atoms with Gasteiger partial charge in [0.2, 0.25) is 0 Å². The van der Waals surface area contributed by atoms with Gasteiger partial charge < -0.3 is 15.2 Å². The molecule has 20 heavy (non-hydrogen) atoms. The number of nitrogens with one attached hydrogen (secondary N) is 1. The molecular formula is C16H17NO3. The molecule has 0 spiro atoms. The fourth-order valence-electron chi connectivity index (χ4n) is 1.99. The number of aryl methyl sites for hydroxylation is 2. The first-order chi connectivity index (χ1) is 9.51. The molecule has 4 nitrogen and oxygen atoms in total. The second-order valence-corrected chi connectivity index (χ2v) is 4.66. The van der Waals surface area contributed by atoms with E-state index in [0.717, 1.165) is 16.9 Å². The molecule has 0 heterocycles. The molecule has 0 bridgehead atoms. The highest BCUT2D eigenvalue weighted by atomic mass is 16.5. The second kappa shape index (κ2) is 5.65. The number of carbonyl (C=O) groups is 1. The molecule has 4 heteroatoms. The Balaban J connectivity index is 2.23. The Morgan fingerprint density at radius 2 is 1.90 bits per heavy atom. The zero-order chi connectivity index (χ0) is 14.7. The Morgan fingerprint density at radius 1 is 1.15 bits per heavy atom. The molecule has 104 valence electrons. The second-order valence-electron chi connectivity index (χ2n) is 4.66. The number of aromatic hydroxyl groups is 1. The Labute approximate surface area is 118 Å². The number of amides is 1. The Bertz CT molecular complexity index is 650. The van der Waals surface area contributed by atoms with Crippen LogP contribution in [0.1, 0.15) is 21.5 Å². The van der Waals surface area contributed by atoms with Crippen molar-refractivity contribution < 1.29 is 14.6 Å². The van der Waals surface area contributed by atoms with E-state index in [1.807, 2.05) is 19.9 Å². The molecule has 2 aromatic rings. The summed E-state index contributed by atoms with van der Waals surface area (Å²) in [5.41, 5.74) is 2.77. The highest BCUT2D eigenvalue weighted by molar-refractivity contribution is 6.06. The number of rotatable bonds is 3. The molecule has 0 unspecified atom stereocenters. The fourth-order valence-corrected chi connectivity index (χ4v) is 1.99. The fraction of sp³-hybridized carbons (Fsp3) is 0.188. The average molecular weight is 271 g/mol. The normalized spacial score (nSPS) is 10.2. The van der Waals surface area contributed by atoms with Gasteiger partial charge in [-0.1, -0.05) is 11.6 Å². The van der Waals surface area contributed by atoms with Crippen LogP contribution in [0.5, 0.6) is 11.5 Å². The molecule has 0 saturated heterocycles. The summed E-state index contributed by atoms with van der Waals surface area (Å²) in [5, 5.41) is 12.5. The van der Waals surface area contributed by atoms with Gasteiger partial charge in [-0.15, -0.1) is 0 Å². The van der Waals surface area contributed by atoms with Crippen molar-refractivity contribution in [3.05, 3.63) is 53.1 Å². The zero-order valence-corrected chi connectivity index (χ0v) is 11.7. The van der Waals surface area contributed by atoms with Crippen LogP contribution in [0.4, 0.5) is 5.69 Å². The quantitative estimate of drug-likeness (QED) is 0.900. The maximum Gasteiger partial charge on any atom is 0.259 e. The Morgan fingerprint density at radius 3 is 2.55 bits per heavy atom.